The third-order valence-corrected chi connectivity index (χ3v) is 3.80. The lowest BCUT2D eigenvalue weighted by atomic mass is 10.3. The van der Waals surface area contributed by atoms with Crippen LogP contribution in [0.25, 0.3) is 0 Å². The standard InChI is InChI=1S/C9H8ClF5N2O2S/c10-5-1-4(16)2-6(7(5)11)20(18,19)17-3-9(14,15)8(12)13/h1-2,8,17H,3,16H2. The summed E-state index contributed by atoms with van der Waals surface area (Å²) in [6, 6.07) is 1.54. The van der Waals surface area contributed by atoms with E-state index in [2.05, 4.69) is 0 Å². The van der Waals surface area contributed by atoms with E-state index in [-0.39, 0.29) is 5.69 Å². The van der Waals surface area contributed by atoms with E-state index in [0.29, 0.717) is 6.07 Å². The molecule has 1 rings (SSSR count). The Morgan fingerprint density at radius 1 is 1.35 bits per heavy atom. The summed E-state index contributed by atoms with van der Waals surface area (Å²) in [6.07, 6.45) is -4.07. The van der Waals surface area contributed by atoms with Crippen LogP contribution in [0.1, 0.15) is 0 Å². The fourth-order valence-electron chi connectivity index (χ4n) is 1.13. The van der Waals surface area contributed by atoms with Crippen molar-refractivity contribution in [3.8, 4) is 0 Å². The second-order valence-electron chi connectivity index (χ2n) is 3.70. The third-order valence-electron chi connectivity index (χ3n) is 2.12. The molecule has 0 aromatic heterocycles. The Labute approximate surface area is 115 Å². The van der Waals surface area contributed by atoms with Gasteiger partial charge in [-0.15, -0.1) is 0 Å². The number of rotatable bonds is 5. The molecule has 0 radical (unpaired) electrons. The van der Waals surface area contributed by atoms with Crippen molar-refractivity contribution in [3.05, 3.63) is 23.0 Å². The topological polar surface area (TPSA) is 72.2 Å². The van der Waals surface area contributed by atoms with Crippen LogP contribution in [0.15, 0.2) is 17.0 Å². The van der Waals surface area contributed by atoms with Gasteiger partial charge in [0.1, 0.15) is 4.90 Å². The highest BCUT2D eigenvalue weighted by atomic mass is 35.5. The molecule has 0 amide bonds. The summed E-state index contributed by atoms with van der Waals surface area (Å²) >= 11 is 5.35. The van der Waals surface area contributed by atoms with Crippen molar-refractivity contribution in [1.82, 2.24) is 4.72 Å². The number of alkyl halides is 4. The van der Waals surface area contributed by atoms with E-state index in [1.165, 1.54) is 4.72 Å². The number of nitrogens with two attached hydrogens (primary N) is 1. The highest BCUT2D eigenvalue weighted by Gasteiger charge is 2.41. The molecule has 4 nitrogen and oxygen atoms in total. The zero-order chi connectivity index (χ0) is 15.7. The van der Waals surface area contributed by atoms with Crippen molar-refractivity contribution in [2.75, 3.05) is 12.3 Å². The minimum absolute atomic E-state index is 0.239. The summed E-state index contributed by atoms with van der Waals surface area (Å²) < 4.78 is 86.9. The molecule has 0 unspecified atom stereocenters. The van der Waals surface area contributed by atoms with Gasteiger partial charge < -0.3 is 5.73 Å². The number of nitrogens with one attached hydrogen (secondary N) is 1. The Balaban J connectivity index is 3.07. The van der Waals surface area contributed by atoms with Crippen LogP contribution in [0, 0.1) is 5.82 Å². The number of halogens is 6. The molecule has 0 aliphatic heterocycles. The number of anilines is 1. The van der Waals surface area contributed by atoms with E-state index in [4.69, 9.17) is 17.3 Å². The maximum absolute atomic E-state index is 13.5. The van der Waals surface area contributed by atoms with Crippen molar-refractivity contribution in [1.29, 1.82) is 0 Å². The van der Waals surface area contributed by atoms with E-state index >= 15 is 0 Å². The van der Waals surface area contributed by atoms with Crippen molar-refractivity contribution >= 4 is 27.3 Å². The molecule has 1 aromatic rings. The molecule has 0 spiro atoms. The second-order valence-corrected chi connectivity index (χ2v) is 5.84. The lowest BCUT2D eigenvalue weighted by molar-refractivity contribution is -0.122. The molecule has 0 atom stereocenters. The lowest BCUT2D eigenvalue weighted by Gasteiger charge is -2.16. The predicted octanol–water partition coefficient (Wildman–Crippen LogP) is 2.24. The van der Waals surface area contributed by atoms with Crippen molar-refractivity contribution in [2.45, 2.75) is 17.2 Å². The average Bonchev–Trinajstić information content (AvgIpc) is 2.31. The molecule has 0 heterocycles. The van der Waals surface area contributed by atoms with Crippen LogP contribution in [0.5, 0.6) is 0 Å². The molecule has 114 valence electrons. The summed E-state index contributed by atoms with van der Waals surface area (Å²) in [5.74, 6) is -6.01. The van der Waals surface area contributed by atoms with Crippen LogP contribution in [0.4, 0.5) is 27.6 Å². The summed E-state index contributed by atoms with van der Waals surface area (Å²) in [7, 11) is -4.81. The number of hydrogen-bond acceptors (Lipinski definition) is 3. The number of sulfonamides is 1. The van der Waals surface area contributed by atoms with E-state index in [1.54, 1.807) is 0 Å². The lowest BCUT2D eigenvalue weighted by Crippen LogP contribution is -2.41. The molecule has 1 aromatic carbocycles. The first-order valence-electron chi connectivity index (χ1n) is 4.87. The maximum Gasteiger partial charge on any atom is 0.320 e. The maximum atomic E-state index is 13.5. The van der Waals surface area contributed by atoms with Crippen molar-refractivity contribution in [3.63, 3.8) is 0 Å². The highest BCUT2D eigenvalue weighted by molar-refractivity contribution is 7.89. The van der Waals surface area contributed by atoms with Gasteiger partial charge in [0.2, 0.25) is 10.0 Å². The first-order valence-corrected chi connectivity index (χ1v) is 6.73. The molecular weight excluding hydrogens is 331 g/mol. The molecular formula is C9H8ClF5N2O2S. The zero-order valence-corrected chi connectivity index (χ0v) is 11.1. The molecule has 0 fully saturated rings. The second kappa shape index (κ2) is 5.70. The van der Waals surface area contributed by atoms with Gasteiger partial charge in [-0.25, -0.2) is 26.3 Å². The Morgan fingerprint density at radius 3 is 2.40 bits per heavy atom. The third kappa shape index (κ3) is 3.70. The van der Waals surface area contributed by atoms with Crippen LogP contribution < -0.4 is 10.5 Å². The molecule has 3 N–H and O–H groups in total. The minimum atomic E-state index is -4.81. The van der Waals surface area contributed by atoms with Crippen LogP contribution in [0.3, 0.4) is 0 Å². The molecule has 20 heavy (non-hydrogen) atoms. The number of nitrogen functional groups attached to an aromatic ring is 1. The van der Waals surface area contributed by atoms with Crippen molar-refractivity contribution < 1.29 is 30.4 Å². The largest absolute Gasteiger partial charge is 0.399 e. The SMILES string of the molecule is Nc1cc(Cl)c(F)c(S(=O)(=O)NCC(F)(F)C(F)F)c1. The fourth-order valence-corrected chi connectivity index (χ4v) is 2.58. The van der Waals surface area contributed by atoms with Gasteiger partial charge in [-0.05, 0) is 12.1 Å². The number of benzene rings is 1. The van der Waals surface area contributed by atoms with Crippen molar-refractivity contribution in [2.24, 2.45) is 0 Å². The van der Waals surface area contributed by atoms with Gasteiger partial charge in [0.25, 0.3) is 0 Å². The van der Waals surface area contributed by atoms with E-state index < -0.39 is 44.7 Å². The van der Waals surface area contributed by atoms with E-state index in [9.17, 15) is 30.4 Å². The first kappa shape index (κ1) is 16.9. The average molecular weight is 339 g/mol. The van der Waals surface area contributed by atoms with E-state index in [1.807, 2.05) is 0 Å². The van der Waals surface area contributed by atoms with Gasteiger partial charge in [0.05, 0.1) is 11.6 Å². The minimum Gasteiger partial charge on any atom is -0.399 e. The summed E-state index contributed by atoms with van der Waals surface area (Å²) in [4.78, 5) is -1.10. The molecule has 0 bridgehead atoms. The van der Waals surface area contributed by atoms with Gasteiger partial charge in [-0.1, -0.05) is 11.6 Å². The zero-order valence-electron chi connectivity index (χ0n) is 9.51. The normalized spacial score (nSPS) is 12.9. The van der Waals surface area contributed by atoms with E-state index in [0.717, 1.165) is 6.07 Å². The van der Waals surface area contributed by atoms with Gasteiger partial charge in [0.15, 0.2) is 5.82 Å². The van der Waals surface area contributed by atoms with Crippen LogP contribution in [-0.2, 0) is 10.0 Å². The van der Waals surface area contributed by atoms with Crippen LogP contribution in [0.2, 0.25) is 5.02 Å². The number of hydrogen-bond donors (Lipinski definition) is 2. The predicted molar refractivity (Wildman–Crippen MR) is 62.0 cm³/mol. The van der Waals surface area contributed by atoms with Gasteiger partial charge in [0, 0.05) is 5.69 Å². The summed E-state index contributed by atoms with van der Waals surface area (Å²) in [5.41, 5.74) is 5.01. The fraction of sp³-hybridized carbons (Fsp3) is 0.333. The Kier molecular flexibility index (Phi) is 4.82. The molecule has 0 saturated carbocycles. The smallest absolute Gasteiger partial charge is 0.320 e. The monoisotopic (exact) mass is 338 g/mol. The van der Waals surface area contributed by atoms with Crippen LogP contribution in [-0.4, -0.2) is 27.3 Å². The quantitative estimate of drug-likeness (QED) is 0.639. The first-order chi connectivity index (χ1) is 8.97. The molecule has 0 aliphatic carbocycles. The van der Waals surface area contributed by atoms with Crippen LogP contribution >= 0.6 is 11.6 Å². The Morgan fingerprint density at radius 2 is 1.90 bits per heavy atom. The molecule has 11 heteroatoms. The molecule has 0 aliphatic rings. The molecule has 0 saturated heterocycles. The summed E-state index contributed by atoms with van der Waals surface area (Å²) in [5, 5.41) is -0.647. The van der Waals surface area contributed by atoms with Gasteiger partial charge in [-0.2, -0.15) is 8.78 Å². The van der Waals surface area contributed by atoms with Gasteiger partial charge in [-0.3, -0.25) is 0 Å². The Bertz CT molecular complexity index is 609. The Hall–Kier alpha value is -1.13. The highest BCUT2D eigenvalue weighted by Crippen LogP contribution is 2.27. The van der Waals surface area contributed by atoms with Gasteiger partial charge >= 0.3 is 12.3 Å². The summed E-state index contributed by atoms with van der Waals surface area (Å²) in [6.45, 7) is -1.89.